The molecule has 3 aromatic carbocycles. The fraction of sp³-hybridized carbons (Fsp3) is 0.143. The van der Waals surface area contributed by atoms with Crippen LogP contribution in [0.3, 0.4) is 0 Å². The molecule has 144 valence electrons. The molecule has 1 atom stereocenters. The van der Waals surface area contributed by atoms with Crippen molar-refractivity contribution in [1.82, 2.24) is 0 Å². The first-order chi connectivity index (χ1) is 13.4. The maximum atomic E-state index is 13.1. The molecule has 0 aromatic heterocycles. The Kier molecular flexibility index (Phi) is 5.80. The average Bonchev–Trinajstić information content (AvgIpc) is 2.69. The predicted octanol–water partition coefficient (Wildman–Crippen LogP) is 4.82. The second-order valence-electron chi connectivity index (χ2n) is 6.02. The summed E-state index contributed by atoms with van der Waals surface area (Å²) in [4.78, 5) is 24.9. The van der Waals surface area contributed by atoms with Crippen molar-refractivity contribution in [1.29, 1.82) is 0 Å². The second kappa shape index (κ2) is 8.27. The number of rotatable bonds is 5. The molecule has 5 nitrogen and oxygen atoms in total. The topological polar surface area (TPSA) is 64.6 Å². The SMILES string of the molecule is COc1ccc(C(=O)O[C@H](C)C(=O)Nc2ccc(F)cc2Cl)c2ccccc12. The Morgan fingerprint density at radius 3 is 2.46 bits per heavy atom. The Bertz CT molecular complexity index is 1050. The number of hydrogen-bond acceptors (Lipinski definition) is 4. The highest BCUT2D eigenvalue weighted by Crippen LogP contribution is 2.29. The summed E-state index contributed by atoms with van der Waals surface area (Å²) in [6, 6.07) is 14.1. The van der Waals surface area contributed by atoms with Gasteiger partial charge in [0.1, 0.15) is 11.6 Å². The fourth-order valence-electron chi connectivity index (χ4n) is 2.73. The van der Waals surface area contributed by atoms with Crippen LogP contribution in [0, 0.1) is 5.82 Å². The number of hydrogen-bond donors (Lipinski definition) is 1. The predicted molar refractivity (Wildman–Crippen MR) is 105 cm³/mol. The van der Waals surface area contributed by atoms with Crippen LogP contribution in [0.15, 0.2) is 54.6 Å². The lowest BCUT2D eigenvalue weighted by atomic mass is 10.0. The van der Waals surface area contributed by atoms with Crippen molar-refractivity contribution >= 4 is 39.9 Å². The van der Waals surface area contributed by atoms with E-state index in [1.54, 1.807) is 31.4 Å². The summed E-state index contributed by atoms with van der Waals surface area (Å²) in [7, 11) is 1.55. The number of carbonyl (C=O) groups excluding carboxylic acids is 2. The largest absolute Gasteiger partial charge is 0.496 e. The quantitative estimate of drug-likeness (QED) is 0.622. The van der Waals surface area contributed by atoms with E-state index in [2.05, 4.69) is 5.32 Å². The highest BCUT2D eigenvalue weighted by Gasteiger charge is 2.21. The summed E-state index contributed by atoms with van der Waals surface area (Å²) in [5.41, 5.74) is 0.543. The van der Waals surface area contributed by atoms with Gasteiger partial charge in [0.05, 0.1) is 23.4 Å². The van der Waals surface area contributed by atoms with E-state index < -0.39 is 23.8 Å². The molecular formula is C21H17ClFNO4. The fourth-order valence-corrected chi connectivity index (χ4v) is 2.94. The van der Waals surface area contributed by atoms with Crippen molar-refractivity contribution in [3.63, 3.8) is 0 Å². The van der Waals surface area contributed by atoms with Crippen LogP contribution in [0.4, 0.5) is 10.1 Å². The number of amides is 1. The summed E-state index contributed by atoms with van der Waals surface area (Å²) in [5.74, 6) is -1.12. The third kappa shape index (κ3) is 4.07. The van der Waals surface area contributed by atoms with Gasteiger partial charge in [-0.3, -0.25) is 4.79 Å². The summed E-state index contributed by atoms with van der Waals surface area (Å²) < 4.78 is 23.7. The molecule has 0 spiro atoms. The lowest BCUT2D eigenvalue weighted by Crippen LogP contribution is -2.30. The van der Waals surface area contributed by atoms with Crippen LogP contribution in [0.5, 0.6) is 5.75 Å². The van der Waals surface area contributed by atoms with Gasteiger partial charge in [0, 0.05) is 5.39 Å². The molecule has 0 heterocycles. The van der Waals surface area contributed by atoms with Gasteiger partial charge in [-0.25, -0.2) is 9.18 Å². The average molecular weight is 402 g/mol. The molecule has 1 amide bonds. The highest BCUT2D eigenvalue weighted by molar-refractivity contribution is 6.33. The number of methoxy groups -OCH3 is 1. The molecule has 0 bridgehead atoms. The second-order valence-corrected chi connectivity index (χ2v) is 6.43. The summed E-state index contributed by atoms with van der Waals surface area (Å²) in [5, 5.41) is 3.98. The smallest absolute Gasteiger partial charge is 0.339 e. The van der Waals surface area contributed by atoms with Crippen molar-refractivity contribution in [3.8, 4) is 5.75 Å². The highest BCUT2D eigenvalue weighted by atomic mass is 35.5. The maximum Gasteiger partial charge on any atom is 0.339 e. The van der Waals surface area contributed by atoms with Gasteiger partial charge in [0.25, 0.3) is 5.91 Å². The van der Waals surface area contributed by atoms with Crippen LogP contribution in [0.2, 0.25) is 5.02 Å². The Morgan fingerprint density at radius 1 is 1.07 bits per heavy atom. The summed E-state index contributed by atoms with van der Waals surface area (Å²) in [6.07, 6.45) is -1.09. The zero-order valence-electron chi connectivity index (χ0n) is 15.2. The molecule has 3 aromatic rings. The monoisotopic (exact) mass is 401 g/mol. The molecule has 0 fully saturated rings. The summed E-state index contributed by atoms with van der Waals surface area (Å²) in [6.45, 7) is 1.44. The summed E-state index contributed by atoms with van der Waals surface area (Å²) >= 11 is 5.90. The zero-order valence-corrected chi connectivity index (χ0v) is 15.9. The van der Waals surface area contributed by atoms with E-state index in [1.807, 2.05) is 12.1 Å². The number of fused-ring (bicyclic) bond motifs is 1. The molecule has 0 radical (unpaired) electrons. The molecule has 0 saturated heterocycles. The number of halogens is 2. The minimum absolute atomic E-state index is 0.0491. The third-order valence-corrected chi connectivity index (χ3v) is 4.48. The molecular weight excluding hydrogens is 385 g/mol. The zero-order chi connectivity index (χ0) is 20.3. The van der Waals surface area contributed by atoms with Crippen molar-refractivity contribution in [3.05, 3.63) is 71.0 Å². The Balaban J connectivity index is 1.77. The maximum absolute atomic E-state index is 13.1. The Hall–Kier alpha value is -3.12. The van der Waals surface area contributed by atoms with Gasteiger partial charge in [0.2, 0.25) is 0 Å². The Morgan fingerprint density at radius 2 is 1.79 bits per heavy atom. The van der Waals surface area contributed by atoms with Crippen LogP contribution < -0.4 is 10.1 Å². The van der Waals surface area contributed by atoms with Crippen LogP contribution in [0.25, 0.3) is 10.8 Å². The number of ether oxygens (including phenoxy) is 2. The van der Waals surface area contributed by atoms with Crippen molar-refractivity contribution < 1.29 is 23.5 Å². The van der Waals surface area contributed by atoms with Gasteiger partial charge in [0.15, 0.2) is 6.10 Å². The van der Waals surface area contributed by atoms with Crippen molar-refractivity contribution in [2.24, 2.45) is 0 Å². The van der Waals surface area contributed by atoms with E-state index in [9.17, 15) is 14.0 Å². The standard InChI is InChI=1S/C21H17ClFNO4/c1-12(20(25)24-18-9-7-13(23)11-17(18)22)28-21(26)16-8-10-19(27-2)15-6-4-3-5-14(15)16/h3-12H,1-2H3,(H,24,25)/t12-/m1/s1. The van der Waals surface area contributed by atoms with Gasteiger partial charge < -0.3 is 14.8 Å². The number of anilines is 1. The van der Waals surface area contributed by atoms with Crippen LogP contribution in [-0.2, 0) is 9.53 Å². The minimum atomic E-state index is -1.09. The van der Waals surface area contributed by atoms with E-state index in [1.165, 1.54) is 19.1 Å². The molecule has 28 heavy (non-hydrogen) atoms. The first kappa shape index (κ1) is 19.6. The molecule has 1 N–H and O–H groups in total. The minimum Gasteiger partial charge on any atom is -0.496 e. The van der Waals surface area contributed by atoms with Crippen molar-refractivity contribution in [2.45, 2.75) is 13.0 Å². The van der Waals surface area contributed by atoms with Crippen LogP contribution in [-0.4, -0.2) is 25.1 Å². The van der Waals surface area contributed by atoms with Gasteiger partial charge in [-0.2, -0.15) is 0 Å². The van der Waals surface area contributed by atoms with Gasteiger partial charge in [-0.15, -0.1) is 0 Å². The van der Waals surface area contributed by atoms with Crippen LogP contribution >= 0.6 is 11.6 Å². The van der Waals surface area contributed by atoms with E-state index in [-0.39, 0.29) is 10.7 Å². The number of carbonyl (C=O) groups is 2. The molecule has 0 aliphatic carbocycles. The van der Waals surface area contributed by atoms with E-state index in [4.69, 9.17) is 21.1 Å². The first-order valence-corrected chi connectivity index (χ1v) is 8.81. The van der Waals surface area contributed by atoms with E-state index in [0.717, 1.165) is 11.5 Å². The number of nitrogens with one attached hydrogen (secondary N) is 1. The van der Waals surface area contributed by atoms with E-state index in [0.29, 0.717) is 16.7 Å². The normalized spacial score (nSPS) is 11.7. The first-order valence-electron chi connectivity index (χ1n) is 8.43. The van der Waals surface area contributed by atoms with Gasteiger partial charge in [-0.1, -0.05) is 35.9 Å². The Labute approximate surface area is 166 Å². The van der Waals surface area contributed by atoms with Gasteiger partial charge in [-0.05, 0) is 42.6 Å². The lowest BCUT2D eigenvalue weighted by molar-refractivity contribution is -0.123. The number of esters is 1. The van der Waals surface area contributed by atoms with Crippen LogP contribution in [0.1, 0.15) is 17.3 Å². The lowest BCUT2D eigenvalue weighted by Gasteiger charge is -2.15. The molecule has 0 unspecified atom stereocenters. The molecule has 3 rings (SSSR count). The molecule has 0 aliphatic heterocycles. The van der Waals surface area contributed by atoms with E-state index >= 15 is 0 Å². The molecule has 0 saturated carbocycles. The van der Waals surface area contributed by atoms with Gasteiger partial charge >= 0.3 is 5.97 Å². The number of benzene rings is 3. The third-order valence-electron chi connectivity index (χ3n) is 4.17. The molecule has 7 heteroatoms. The molecule has 0 aliphatic rings. The van der Waals surface area contributed by atoms with Crippen molar-refractivity contribution in [2.75, 3.05) is 12.4 Å².